The number of halogens is 1. The number of guanidine groups is 1. The Hall–Kier alpha value is -1.60. The molecule has 158 valence electrons. The fourth-order valence-electron chi connectivity index (χ4n) is 2.54. The molecular weight excluding hydrogens is 497 g/mol. The van der Waals surface area contributed by atoms with E-state index in [0.29, 0.717) is 37.7 Å². The lowest BCUT2D eigenvalue weighted by Gasteiger charge is -2.36. The summed E-state index contributed by atoms with van der Waals surface area (Å²) in [6, 6.07) is 6.28. The number of nitrogens with zero attached hydrogens (tertiary/aromatic N) is 3. The largest absolute Gasteiger partial charge is 0.444 e. The molecule has 0 bridgehead atoms. The van der Waals surface area contributed by atoms with Crippen LogP contribution in [0.1, 0.15) is 26.3 Å². The Kier molecular flexibility index (Phi) is 8.50. The molecule has 0 atom stereocenters. The molecule has 9 nitrogen and oxygen atoms in total. The van der Waals surface area contributed by atoms with Crippen molar-refractivity contribution in [2.24, 2.45) is 15.9 Å². The number of aliphatic imine (C=N–C) groups is 1. The molecule has 0 saturated carbocycles. The van der Waals surface area contributed by atoms with E-state index in [1.807, 2.05) is 25.7 Å². The van der Waals surface area contributed by atoms with Crippen molar-refractivity contribution in [3.05, 3.63) is 29.8 Å². The average molecular weight is 525 g/mol. The molecule has 11 heteroatoms. The highest BCUT2D eigenvalue weighted by atomic mass is 127. The number of hydrogen-bond donors (Lipinski definition) is 2. The van der Waals surface area contributed by atoms with Crippen molar-refractivity contribution in [1.82, 2.24) is 9.80 Å². The van der Waals surface area contributed by atoms with Gasteiger partial charge in [0.05, 0.1) is 11.4 Å². The predicted molar refractivity (Wildman–Crippen MR) is 118 cm³/mol. The molecule has 0 unspecified atom stereocenters. The molecular formula is C17H28IN5O4S. The van der Waals surface area contributed by atoms with Crippen molar-refractivity contribution in [1.29, 1.82) is 0 Å². The quantitative estimate of drug-likeness (QED) is 0.348. The molecule has 0 aromatic heterocycles. The van der Waals surface area contributed by atoms with Crippen molar-refractivity contribution in [2.45, 2.75) is 37.8 Å². The summed E-state index contributed by atoms with van der Waals surface area (Å²) in [5.74, 6) is 0.347. The predicted octanol–water partition coefficient (Wildman–Crippen LogP) is 1.32. The van der Waals surface area contributed by atoms with Gasteiger partial charge in [-0.3, -0.25) is 0 Å². The third kappa shape index (κ3) is 7.43. The van der Waals surface area contributed by atoms with Gasteiger partial charge in [0, 0.05) is 26.2 Å². The van der Waals surface area contributed by atoms with Gasteiger partial charge in [-0.15, -0.1) is 24.0 Å². The smallest absolute Gasteiger partial charge is 0.410 e. The third-order valence-electron chi connectivity index (χ3n) is 3.91. The summed E-state index contributed by atoms with van der Waals surface area (Å²) in [5, 5.41) is 5.14. The van der Waals surface area contributed by atoms with Crippen LogP contribution in [0.5, 0.6) is 0 Å². The number of nitrogens with two attached hydrogens (primary N) is 2. The molecule has 1 amide bonds. The van der Waals surface area contributed by atoms with E-state index < -0.39 is 15.6 Å². The van der Waals surface area contributed by atoms with Crippen LogP contribution >= 0.6 is 24.0 Å². The lowest BCUT2D eigenvalue weighted by Crippen LogP contribution is -2.53. The number of amides is 1. The second-order valence-corrected chi connectivity index (χ2v) is 8.88. The van der Waals surface area contributed by atoms with Crippen LogP contribution < -0.4 is 10.9 Å². The number of sulfonamides is 1. The Morgan fingerprint density at radius 2 is 1.75 bits per heavy atom. The lowest BCUT2D eigenvalue weighted by atomic mass is 10.2. The van der Waals surface area contributed by atoms with Crippen LogP contribution in [0, 0.1) is 0 Å². The first-order valence-electron chi connectivity index (χ1n) is 8.60. The molecule has 1 aromatic carbocycles. The van der Waals surface area contributed by atoms with E-state index in [1.165, 1.54) is 12.1 Å². The Morgan fingerprint density at radius 1 is 1.18 bits per heavy atom. The summed E-state index contributed by atoms with van der Waals surface area (Å²) in [6.07, 6.45) is -0.336. The minimum Gasteiger partial charge on any atom is -0.444 e. The van der Waals surface area contributed by atoms with Gasteiger partial charge in [0.1, 0.15) is 5.60 Å². The number of rotatable bonds is 3. The minimum atomic E-state index is -3.75. The van der Waals surface area contributed by atoms with Gasteiger partial charge >= 0.3 is 6.09 Å². The molecule has 1 heterocycles. The highest BCUT2D eigenvalue weighted by Gasteiger charge is 2.26. The summed E-state index contributed by atoms with van der Waals surface area (Å²) < 4.78 is 28.2. The van der Waals surface area contributed by atoms with E-state index in [0.717, 1.165) is 0 Å². The number of carbonyl (C=O) groups is 1. The average Bonchev–Trinajstić information content (AvgIpc) is 2.58. The molecule has 0 aliphatic carbocycles. The highest BCUT2D eigenvalue weighted by molar-refractivity contribution is 14.0. The molecule has 1 aliphatic heterocycles. The van der Waals surface area contributed by atoms with Crippen LogP contribution in [0.15, 0.2) is 34.2 Å². The molecule has 1 fully saturated rings. The summed E-state index contributed by atoms with van der Waals surface area (Å²) in [6.45, 7) is 7.81. The number of carbonyl (C=O) groups excluding carboxylic acids is 1. The topological polar surface area (TPSA) is 131 Å². The number of hydrogen-bond acceptors (Lipinski definition) is 5. The normalized spacial score (nSPS) is 15.8. The first-order valence-corrected chi connectivity index (χ1v) is 10.1. The Balaban J connectivity index is 0.00000392. The van der Waals surface area contributed by atoms with Gasteiger partial charge in [-0.25, -0.2) is 23.3 Å². The van der Waals surface area contributed by atoms with E-state index in [2.05, 4.69) is 4.99 Å². The van der Waals surface area contributed by atoms with Crippen LogP contribution in [0.25, 0.3) is 0 Å². The summed E-state index contributed by atoms with van der Waals surface area (Å²) in [7, 11) is -3.75. The van der Waals surface area contributed by atoms with Crippen molar-refractivity contribution in [3.63, 3.8) is 0 Å². The molecule has 1 aliphatic rings. The van der Waals surface area contributed by atoms with Crippen LogP contribution in [0.4, 0.5) is 4.79 Å². The van der Waals surface area contributed by atoms with Crippen LogP contribution in [0.3, 0.4) is 0 Å². The summed E-state index contributed by atoms with van der Waals surface area (Å²) >= 11 is 0. The first kappa shape index (κ1) is 24.4. The SMILES string of the molecule is CC(C)(C)OC(=O)N1CCN(C(N)=NCc2cccc(S(N)(=O)=O)c2)CC1.I. The zero-order valence-electron chi connectivity index (χ0n) is 16.3. The molecule has 28 heavy (non-hydrogen) atoms. The monoisotopic (exact) mass is 525 g/mol. The molecule has 2 rings (SSSR count). The standard InChI is InChI=1S/C17H27N5O4S.HI/c1-17(2,3)26-16(23)22-9-7-21(8-10-22)15(18)20-12-13-5-4-6-14(11-13)27(19,24)25;/h4-6,11H,7-10,12H2,1-3H3,(H2,18,20)(H2,19,24,25);1H. The van der Waals surface area contributed by atoms with E-state index in [9.17, 15) is 13.2 Å². The molecule has 1 aromatic rings. The Labute approximate surface area is 183 Å². The summed E-state index contributed by atoms with van der Waals surface area (Å²) in [4.78, 5) is 20.0. The number of ether oxygens (including phenoxy) is 1. The Morgan fingerprint density at radius 3 is 2.29 bits per heavy atom. The second kappa shape index (κ2) is 9.74. The fraction of sp³-hybridized carbons (Fsp3) is 0.529. The van der Waals surface area contributed by atoms with E-state index in [4.69, 9.17) is 15.6 Å². The van der Waals surface area contributed by atoms with Gasteiger partial charge < -0.3 is 20.3 Å². The van der Waals surface area contributed by atoms with Crippen molar-refractivity contribution in [2.75, 3.05) is 26.2 Å². The molecule has 0 radical (unpaired) electrons. The van der Waals surface area contributed by atoms with Crippen molar-refractivity contribution in [3.8, 4) is 0 Å². The van der Waals surface area contributed by atoms with Gasteiger partial charge in [0.25, 0.3) is 0 Å². The van der Waals surface area contributed by atoms with Gasteiger partial charge in [-0.2, -0.15) is 0 Å². The molecule has 0 spiro atoms. The van der Waals surface area contributed by atoms with E-state index in [1.54, 1.807) is 17.0 Å². The van der Waals surface area contributed by atoms with Gasteiger partial charge in [-0.1, -0.05) is 12.1 Å². The fourth-order valence-corrected chi connectivity index (χ4v) is 3.12. The van der Waals surface area contributed by atoms with Crippen LogP contribution in [-0.4, -0.2) is 62.1 Å². The van der Waals surface area contributed by atoms with Gasteiger partial charge in [0.2, 0.25) is 10.0 Å². The maximum absolute atomic E-state index is 12.1. The van der Waals surface area contributed by atoms with E-state index >= 15 is 0 Å². The minimum absolute atomic E-state index is 0. The van der Waals surface area contributed by atoms with Crippen molar-refractivity contribution >= 4 is 46.1 Å². The van der Waals surface area contributed by atoms with Gasteiger partial charge in [-0.05, 0) is 38.5 Å². The Bertz CT molecular complexity index is 815. The van der Waals surface area contributed by atoms with Crippen LogP contribution in [0.2, 0.25) is 0 Å². The molecule has 4 N–H and O–H groups in total. The zero-order chi connectivity index (χ0) is 20.2. The lowest BCUT2D eigenvalue weighted by molar-refractivity contribution is 0.0186. The number of benzene rings is 1. The first-order chi connectivity index (χ1) is 12.5. The third-order valence-corrected chi connectivity index (χ3v) is 4.82. The maximum Gasteiger partial charge on any atom is 0.410 e. The maximum atomic E-state index is 12.1. The van der Waals surface area contributed by atoms with Crippen LogP contribution in [-0.2, 0) is 21.3 Å². The second-order valence-electron chi connectivity index (χ2n) is 7.32. The van der Waals surface area contributed by atoms with E-state index in [-0.39, 0.29) is 41.5 Å². The number of piperazine rings is 1. The molecule has 1 saturated heterocycles. The van der Waals surface area contributed by atoms with Gasteiger partial charge in [0.15, 0.2) is 5.96 Å². The van der Waals surface area contributed by atoms with Crippen molar-refractivity contribution < 1.29 is 17.9 Å². The summed E-state index contributed by atoms with van der Waals surface area (Å²) in [5.41, 5.74) is 6.21. The number of primary sulfonamides is 1. The zero-order valence-corrected chi connectivity index (χ0v) is 19.4. The highest BCUT2D eigenvalue weighted by Crippen LogP contribution is 2.13.